The smallest absolute Gasteiger partial charge is 0.257 e. The van der Waals surface area contributed by atoms with Crippen LogP contribution in [0.25, 0.3) is 0 Å². The number of carbonyl (C=O) groups excluding carboxylic acids is 1. The second-order valence-electron chi connectivity index (χ2n) is 5.01. The number of carbonyl (C=O) groups is 1. The number of nitrogens with zero attached hydrogens (tertiary/aromatic N) is 1. The Labute approximate surface area is 125 Å². The van der Waals surface area contributed by atoms with Gasteiger partial charge in [-0.3, -0.25) is 4.79 Å². The number of rotatable bonds is 2. The fourth-order valence-corrected chi connectivity index (χ4v) is 3.02. The first-order valence-electron chi connectivity index (χ1n) is 6.38. The highest BCUT2D eigenvalue weighted by atomic mass is 79.9. The number of benzene rings is 2. The lowest BCUT2D eigenvalue weighted by atomic mass is 10.1. The van der Waals surface area contributed by atoms with Crippen molar-refractivity contribution in [2.24, 2.45) is 0 Å². The second kappa shape index (κ2) is 5.02. The molecule has 1 aliphatic heterocycles. The van der Waals surface area contributed by atoms with Crippen LogP contribution in [0.4, 0.5) is 4.39 Å². The summed E-state index contributed by atoms with van der Waals surface area (Å²) in [5, 5.41) is 0. The lowest BCUT2D eigenvalue weighted by Crippen LogP contribution is -2.24. The molecule has 4 heteroatoms. The first-order valence-corrected chi connectivity index (χ1v) is 7.17. The van der Waals surface area contributed by atoms with Crippen LogP contribution < -0.4 is 0 Å². The van der Waals surface area contributed by atoms with Crippen molar-refractivity contribution in [2.75, 3.05) is 0 Å². The maximum Gasteiger partial charge on any atom is 0.257 e. The molecule has 0 aromatic heterocycles. The van der Waals surface area contributed by atoms with E-state index in [0.717, 1.165) is 21.2 Å². The molecule has 2 nitrogen and oxygen atoms in total. The molecule has 1 aliphatic rings. The molecule has 0 unspecified atom stereocenters. The Balaban J connectivity index is 1.88. The molecule has 102 valence electrons. The zero-order valence-corrected chi connectivity index (χ0v) is 12.6. The van der Waals surface area contributed by atoms with Gasteiger partial charge in [-0.1, -0.05) is 34.1 Å². The van der Waals surface area contributed by atoms with Crippen LogP contribution in [-0.2, 0) is 13.1 Å². The van der Waals surface area contributed by atoms with E-state index in [4.69, 9.17) is 0 Å². The Bertz CT molecular complexity index is 699. The summed E-state index contributed by atoms with van der Waals surface area (Å²) >= 11 is 3.42. The third-order valence-corrected chi connectivity index (χ3v) is 4.12. The van der Waals surface area contributed by atoms with Crippen molar-refractivity contribution in [3.8, 4) is 0 Å². The normalized spacial score (nSPS) is 13.8. The standard InChI is InChI=1S/C16H13BrFNO/c1-10-7-13(17)6-5-11(10)8-19-9-12-3-2-4-14(18)15(12)16(19)20/h2-7H,8-9H2,1H3. The van der Waals surface area contributed by atoms with Crippen molar-refractivity contribution in [3.05, 3.63) is 68.9 Å². The molecule has 1 heterocycles. The fourth-order valence-electron chi connectivity index (χ4n) is 2.55. The van der Waals surface area contributed by atoms with Gasteiger partial charge in [0.05, 0.1) is 5.56 Å². The van der Waals surface area contributed by atoms with Crippen molar-refractivity contribution in [3.63, 3.8) is 0 Å². The predicted octanol–water partition coefficient (Wildman–Crippen LogP) is 4.05. The van der Waals surface area contributed by atoms with Crippen molar-refractivity contribution in [1.29, 1.82) is 0 Å². The highest BCUT2D eigenvalue weighted by Crippen LogP contribution is 2.27. The molecule has 0 saturated carbocycles. The van der Waals surface area contributed by atoms with E-state index in [9.17, 15) is 9.18 Å². The molecule has 0 atom stereocenters. The number of aryl methyl sites for hydroxylation is 1. The average Bonchev–Trinajstić information content (AvgIpc) is 2.71. The van der Waals surface area contributed by atoms with Gasteiger partial charge in [-0.25, -0.2) is 4.39 Å². The summed E-state index contributed by atoms with van der Waals surface area (Å²) in [7, 11) is 0. The third-order valence-electron chi connectivity index (χ3n) is 3.63. The summed E-state index contributed by atoms with van der Waals surface area (Å²) in [5.41, 5.74) is 3.19. The van der Waals surface area contributed by atoms with E-state index < -0.39 is 5.82 Å². The zero-order chi connectivity index (χ0) is 14.3. The van der Waals surface area contributed by atoms with Gasteiger partial charge in [-0.2, -0.15) is 0 Å². The number of amides is 1. The van der Waals surface area contributed by atoms with Crippen LogP contribution in [0.2, 0.25) is 0 Å². The third kappa shape index (κ3) is 2.24. The summed E-state index contributed by atoms with van der Waals surface area (Å²) in [6, 6.07) is 10.8. The first kappa shape index (κ1) is 13.3. The van der Waals surface area contributed by atoms with Gasteiger partial charge in [0.2, 0.25) is 0 Å². The summed E-state index contributed by atoms with van der Waals surface area (Å²) in [4.78, 5) is 14.0. The van der Waals surface area contributed by atoms with Crippen LogP contribution in [0.1, 0.15) is 27.0 Å². The molecule has 0 saturated heterocycles. The van der Waals surface area contributed by atoms with Crippen molar-refractivity contribution >= 4 is 21.8 Å². The monoisotopic (exact) mass is 333 g/mol. The minimum atomic E-state index is -0.428. The molecule has 0 bridgehead atoms. The van der Waals surface area contributed by atoms with E-state index in [0.29, 0.717) is 13.1 Å². The molecule has 0 aliphatic carbocycles. The van der Waals surface area contributed by atoms with Gasteiger partial charge in [0.1, 0.15) is 5.82 Å². The molecule has 0 spiro atoms. The number of hydrogen-bond acceptors (Lipinski definition) is 1. The summed E-state index contributed by atoms with van der Waals surface area (Å²) in [6.45, 7) is 2.99. The first-order chi connectivity index (χ1) is 9.56. The topological polar surface area (TPSA) is 20.3 Å². The summed E-state index contributed by atoms with van der Waals surface area (Å²) in [5.74, 6) is -0.650. The molecule has 0 N–H and O–H groups in total. The van der Waals surface area contributed by atoms with Crippen LogP contribution in [-0.4, -0.2) is 10.8 Å². The van der Waals surface area contributed by atoms with Crippen molar-refractivity contribution in [2.45, 2.75) is 20.0 Å². The molecule has 2 aromatic carbocycles. The maximum atomic E-state index is 13.7. The lowest BCUT2D eigenvalue weighted by molar-refractivity contribution is 0.0763. The molecule has 3 rings (SSSR count). The van der Waals surface area contributed by atoms with Gasteiger partial charge >= 0.3 is 0 Å². The van der Waals surface area contributed by atoms with Gasteiger partial charge in [0.15, 0.2) is 0 Å². The quantitative estimate of drug-likeness (QED) is 0.811. The maximum absolute atomic E-state index is 13.7. The average molecular weight is 334 g/mol. The van der Waals surface area contributed by atoms with E-state index in [1.54, 1.807) is 11.0 Å². The summed E-state index contributed by atoms with van der Waals surface area (Å²) in [6.07, 6.45) is 0. The molecular weight excluding hydrogens is 321 g/mol. The van der Waals surface area contributed by atoms with Crippen LogP contribution in [0, 0.1) is 12.7 Å². The van der Waals surface area contributed by atoms with E-state index in [1.165, 1.54) is 6.07 Å². The van der Waals surface area contributed by atoms with Gasteiger partial charge in [0.25, 0.3) is 5.91 Å². The van der Waals surface area contributed by atoms with Gasteiger partial charge in [-0.05, 0) is 41.8 Å². The van der Waals surface area contributed by atoms with Crippen molar-refractivity contribution in [1.82, 2.24) is 4.90 Å². The van der Waals surface area contributed by atoms with E-state index in [2.05, 4.69) is 15.9 Å². The van der Waals surface area contributed by atoms with Crippen molar-refractivity contribution < 1.29 is 9.18 Å². The number of fused-ring (bicyclic) bond motifs is 1. The predicted molar refractivity (Wildman–Crippen MR) is 78.9 cm³/mol. The van der Waals surface area contributed by atoms with Crippen LogP contribution in [0.5, 0.6) is 0 Å². The Hall–Kier alpha value is -1.68. The fraction of sp³-hybridized carbons (Fsp3) is 0.188. The Morgan fingerprint density at radius 1 is 1.30 bits per heavy atom. The second-order valence-corrected chi connectivity index (χ2v) is 5.92. The lowest BCUT2D eigenvalue weighted by Gasteiger charge is -2.17. The van der Waals surface area contributed by atoms with Gasteiger partial charge < -0.3 is 4.90 Å². The van der Waals surface area contributed by atoms with Gasteiger partial charge in [-0.15, -0.1) is 0 Å². The SMILES string of the molecule is Cc1cc(Br)ccc1CN1Cc2cccc(F)c2C1=O. The molecule has 2 aromatic rings. The van der Waals surface area contributed by atoms with E-state index in [1.807, 2.05) is 31.2 Å². The minimum absolute atomic E-state index is 0.222. The van der Waals surface area contributed by atoms with Crippen LogP contribution in [0.3, 0.4) is 0 Å². The van der Waals surface area contributed by atoms with E-state index in [-0.39, 0.29) is 11.5 Å². The van der Waals surface area contributed by atoms with E-state index >= 15 is 0 Å². The highest BCUT2D eigenvalue weighted by molar-refractivity contribution is 9.10. The zero-order valence-electron chi connectivity index (χ0n) is 11.0. The number of hydrogen-bond donors (Lipinski definition) is 0. The Morgan fingerprint density at radius 3 is 2.80 bits per heavy atom. The molecule has 0 fully saturated rings. The Kier molecular flexibility index (Phi) is 3.34. The Morgan fingerprint density at radius 2 is 2.10 bits per heavy atom. The largest absolute Gasteiger partial charge is 0.330 e. The molecule has 0 radical (unpaired) electrons. The van der Waals surface area contributed by atoms with Crippen LogP contribution >= 0.6 is 15.9 Å². The summed E-state index contributed by atoms with van der Waals surface area (Å²) < 4.78 is 14.7. The molecule has 20 heavy (non-hydrogen) atoms. The molecule has 1 amide bonds. The highest BCUT2D eigenvalue weighted by Gasteiger charge is 2.30. The minimum Gasteiger partial charge on any atom is -0.330 e. The van der Waals surface area contributed by atoms with Crippen LogP contribution in [0.15, 0.2) is 40.9 Å². The number of halogens is 2. The molecular formula is C16H13BrFNO. The van der Waals surface area contributed by atoms with Gasteiger partial charge in [0, 0.05) is 17.6 Å².